The first-order valence-electron chi connectivity index (χ1n) is 10.2. The van der Waals surface area contributed by atoms with Gasteiger partial charge in [0.15, 0.2) is 0 Å². The minimum Gasteiger partial charge on any atom is -0.491 e. The highest BCUT2D eigenvalue weighted by atomic mass is 16.5. The number of benzene rings is 2. The molecule has 2 atom stereocenters. The topological polar surface area (TPSA) is 32.7 Å². The van der Waals surface area contributed by atoms with Crippen molar-refractivity contribution in [1.29, 1.82) is 0 Å². The molecule has 1 heterocycles. The van der Waals surface area contributed by atoms with Crippen molar-refractivity contribution in [2.45, 2.75) is 64.7 Å². The van der Waals surface area contributed by atoms with Gasteiger partial charge in [-0.1, -0.05) is 36.8 Å². The van der Waals surface area contributed by atoms with Crippen molar-refractivity contribution in [3.8, 4) is 5.75 Å². The number of piperidine rings is 1. The SMILES string of the molecule is CC(C)Oc1ccc2ccccc2c1CN1CCC[C@]2(CCC[C@H]2O)C1. The Morgan fingerprint density at radius 1 is 1.15 bits per heavy atom. The Bertz CT molecular complexity index is 772. The molecule has 3 heteroatoms. The Balaban J connectivity index is 1.65. The molecule has 2 aliphatic rings. The number of nitrogens with zero attached hydrogens (tertiary/aromatic N) is 1. The molecule has 26 heavy (non-hydrogen) atoms. The van der Waals surface area contributed by atoms with Crippen molar-refractivity contribution in [2.75, 3.05) is 13.1 Å². The summed E-state index contributed by atoms with van der Waals surface area (Å²) in [5, 5.41) is 13.1. The summed E-state index contributed by atoms with van der Waals surface area (Å²) in [6, 6.07) is 12.9. The molecule has 4 rings (SSSR count). The summed E-state index contributed by atoms with van der Waals surface area (Å²) in [7, 11) is 0. The molecular formula is C23H31NO2. The summed E-state index contributed by atoms with van der Waals surface area (Å²) < 4.78 is 6.16. The van der Waals surface area contributed by atoms with E-state index in [1.54, 1.807) is 0 Å². The third kappa shape index (κ3) is 3.35. The number of likely N-dealkylation sites (tertiary alicyclic amines) is 1. The number of ether oxygens (including phenoxy) is 1. The Morgan fingerprint density at radius 3 is 2.73 bits per heavy atom. The van der Waals surface area contributed by atoms with Crippen molar-refractivity contribution >= 4 is 10.8 Å². The summed E-state index contributed by atoms with van der Waals surface area (Å²) in [6.07, 6.45) is 5.73. The van der Waals surface area contributed by atoms with Crippen LogP contribution in [-0.4, -0.2) is 35.3 Å². The van der Waals surface area contributed by atoms with Gasteiger partial charge in [-0.3, -0.25) is 4.90 Å². The zero-order valence-electron chi connectivity index (χ0n) is 16.1. The fourth-order valence-electron chi connectivity index (χ4n) is 5.06. The second-order valence-electron chi connectivity index (χ2n) is 8.51. The number of hydrogen-bond acceptors (Lipinski definition) is 3. The van der Waals surface area contributed by atoms with E-state index in [2.05, 4.69) is 55.1 Å². The Kier molecular flexibility index (Phi) is 4.94. The van der Waals surface area contributed by atoms with Crippen molar-refractivity contribution in [3.63, 3.8) is 0 Å². The van der Waals surface area contributed by atoms with Gasteiger partial charge in [0.25, 0.3) is 0 Å². The molecule has 0 radical (unpaired) electrons. The molecule has 2 aromatic carbocycles. The van der Waals surface area contributed by atoms with Gasteiger partial charge in [-0.25, -0.2) is 0 Å². The molecule has 2 fully saturated rings. The first-order valence-corrected chi connectivity index (χ1v) is 10.2. The smallest absolute Gasteiger partial charge is 0.124 e. The lowest BCUT2D eigenvalue weighted by Crippen LogP contribution is -2.46. The van der Waals surface area contributed by atoms with Gasteiger partial charge in [0.1, 0.15) is 5.75 Å². The van der Waals surface area contributed by atoms with Gasteiger partial charge in [-0.2, -0.15) is 0 Å². The molecule has 0 bridgehead atoms. The van der Waals surface area contributed by atoms with E-state index in [9.17, 15) is 5.11 Å². The number of hydrogen-bond donors (Lipinski definition) is 1. The van der Waals surface area contributed by atoms with Gasteiger partial charge in [0.2, 0.25) is 0 Å². The number of aliphatic hydroxyl groups is 1. The summed E-state index contributed by atoms with van der Waals surface area (Å²) in [4.78, 5) is 2.55. The fraction of sp³-hybridized carbons (Fsp3) is 0.565. The third-order valence-electron chi connectivity index (χ3n) is 6.29. The highest BCUT2D eigenvalue weighted by Gasteiger charge is 2.44. The van der Waals surface area contributed by atoms with Crippen LogP contribution in [0.4, 0.5) is 0 Å². The van der Waals surface area contributed by atoms with Crippen LogP contribution in [0.3, 0.4) is 0 Å². The predicted octanol–water partition coefficient (Wildman–Crippen LogP) is 4.75. The maximum absolute atomic E-state index is 10.6. The molecular weight excluding hydrogens is 322 g/mol. The number of aliphatic hydroxyl groups excluding tert-OH is 1. The summed E-state index contributed by atoms with van der Waals surface area (Å²) in [6.45, 7) is 7.20. The zero-order chi connectivity index (χ0) is 18.1. The van der Waals surface area contributed by atoms with Gasteiger partial charge < -0.3 is 9.84 Å². The monoisotopic (exact) mass is 353 g/mol. The van der Waals surface area contributed by atoms with Crippen LogP contribution in [0.2, 0.25) is 0 Å². The summed E-state index contributed by atoms with van der Waals surface area (Å²) in [5.74, 6) is 1.00. The first-order chi connectivity index (χ1) is 12.6. The largest absolute Gasteiger partial charge is 0.491 e. The van der Waals surface area contributed by atoms with E-state index in [4.69, 9.17) is 4.74 Å². The standard InChI is InChI=1S/C23H31NO2/c1-17(2)26-21-11-10-18-7-3-4-8-19(18)20(21)15-24-14-6-13-23(16-24)12-5-9-22(23)25/h3-4,7-8,10-11,17,22,25H,5-6,9,12-16H2,1-2H3/t22-,23-/m1/s1. The minimum atomic E-state index is -0.121. The summed E-state index contributed by atoms with van der Waals surface area (Å²) in [5.41, 5.74) is 1.42. The first kappa shape index (κ1) is 17.8. The lowest BCUT2D eigenvalue weighted by atomic mass is 9.76. The average molecular weight is 354 g/mol. The Morgan fingerprint density at radius 2 is 1.96 bits per heavy atom. The Labute approximate surface area is 157 Å². The molecule has 1 saturated heterocycles. The van der Waals surface area contributed by atoms with E-state index in [1.165, 1.54) is 42.0 Å². The van der Waals surface area contributed by atoms with Crippen molar-refractivity contribution in [3.05, 3.63) is 42.0 Å². The third-order valence-corrected chi connectivity index (χ3v) is 6.29. The van der Waals surface area contributed by atoms with Crippen molar-refractivity contribution in [2.24, 2.45) is 5.41 Å². The fourth-order valence-corrected chi connectivity index (χ4v) is 5.06. The zero-order valence-corrected chi connectivity index (χ0v) is 16.1. The van der Waals surface area contributed by atoms with E-state index >= 15 is 0 Å². The highest BCUT2D eigenvalue weighted by Crippen LogP contribution is 2.45. The predicted molar refractivity (Wildman–Crippen MR) is 107 cm³/mol. The van der Waals surface area contributed by atoms with E-state index in [0.29, 0.717) is 0 Å². The lowest BCUT2D eigenvalue weighted by molar-refractivity contribution is -0.0121. The molecule has 1 spiro atoms. The molecule has 0 amide bonds. The average Bonchev–Trinajstić information content (AvgIpc) is 2.96. The quantitative estimate of drug-likeness (QED) is 0.861. The van der Waals surface area contributed by atoms with Crippen LogP contribution in [0, 0.1) is 5.41 Å². The van der Waals surface area contributed by atoms with Gasteiger partial charge in [0, 0.05) is 24.1 Å². The van der Waals surface area contributed by atoms with Crippen LogP contribution in [0.5, 0.6) is 5.75 Å². The highest BCUT2D eigenvalue weighted by molar-refractivity contribution is 5.87. The molecule has 2 aromatic rings. The molecule has 1 aliphatic heterocycles. The van der Waals surface area contributed by atoms with Crippen LogP contribution in [0.25, 0.3) is 10.8 Å². The maximum atomic E-state index is 10.6. The van der Waals surface area contributed by atoms with Gasteiger partial charge in [-0.15, -0.1) is 0 Å². The molecule has 3 nitrogen and oxygen atoms in total. The van der Waals surface area contributed by atoms with Crippen LogP contribution < -0.4 is 4.74 Å². The van der Waals surface area contributed by atoms with E-state index < -0.39 is 0 Å². The van der Waals surface area contributed by atoms with Crippen molar-refractivity contribution < 1.29 is 9.84 Å². The van der Waals surface area contributed by atoms with Gasteiger partial charge >= 0.3 is 0 Å². The number of rotatable bonds is 4. The maximum Gasteiger partial charge on any atom is 0.124 e. The second kappa shape index (κ2) is 7.21. The Hall–Kier alpha value is -1.58. The van der Waals surface area contributed by atoms with E-state index in [0.717, 1.165) is 31.8 Å². The molecule has 1 N–H and O–H groups in total. The van der Waals surface area contributed by atoms with Crippen molar-refractivity contribution in [1.82, 2.24) is 4.90 Å². The van der Waals surface area contributed by atoms with E-state index in [1.807, 2.05) is 0 Å². The van der Waals surface area contributed by atoms with E-state index in [-0.39, 0.29) is 17.6 Å². The van der Waals surface area contributed by atoms with Gasteiger partial charge in [0.05, 0.1) is 12.2 Å². The molecule has 0 aromatic heterocycles. The lowest BCUT2D eigenvalue weighted by Gasteiger charge is -2.43. The molecule has 0 unspecified atom stereocenters. The molecule has 1 saturated carbocycles. The van der Waals surface area contributed by atoms with Crippen LogP contribution in [-0.2, 0) is 6.54 Å². The molecule has 140 valence electrons. The number of fused-ring (bicyclic) bond motifs is 1. The van der Waals surface area contributed by atoms with Crippen LogP contribution in [0.15, 0.2) is 36.4 Å². The van der Waals surface area contributed by atoms with Crippen LogP contribution >= 0.6 is 0 Å². The molecule has 1 aliphatic carbocycles. The minimum absolute atomic E-state index is 0.121. The normalized spacial score (nSPS) is 26.8. The van der Waals surface area contributed by atoms with Crippen LogP contribution in [0.1, 0.15) is 51.5 Å². The van der Waals surface area contributed by atoms with Gasteiger partial charge in [-0.05, 0) is 62.9 Å². The summed E-state index contributed by atoms with van der Waals surface area (Å²) >= 11 is 0. The second-order valence-corrected chi connectivity index (χ2v) is 8.51.